The van der Waals surface area contributed by atoms with Crippen LogP contribution < -0.4 is 0 Å². The van der Waals surface area contributed by atoms with E-state index in [1.165, 1.54) is 28.5 Å². The van der Waals surface area contributed by atoms with Crippen molar-refractivity contribution in [2.24, 2.45) is 0 Å². The number of nitrogens with zero attached hydrogens (tertiary/aromatic N) is 1. The van der Waals surface area contributed by atoms with E-state index >= 15 is 0 Å². The second kappa shape index (κ2) is 4.24. The van der Waals surface area contributed by atoms with Crippen molar-refractivity contribution in [1.82, 2.24) is 4.90 Å². The van der Waals surface area contributed by atoms with Gasteiger partial charge in [-0.2, -0.15) is 0 Å². The van der Waals surface area contributed by atoms with Crippen LogP contribution in [0.2, 0.25) is 0 Å². The molecule has 1 aromatic heterocycles. The summed E-state index contributed by atoms with van der Waals surface area (Å²) in [6.07, 6.45) is 3.31. The smallest absolute Gasteiger partial charge is 0.141 e. The van der Waals surface area contributed by atoms with Crippen LogP contribution in [0.4, 0.5) is 4.39 Å². The number of hydrogen-bond acceptors (Lipinski definition) is 2. The van der Waals surface area contributed by atoms with E-state index in [0.717, 1.165) is 29.6 Å². The monoisotopic (exact) mass is 247 g/mol. The zero-order valence-electron chi connectivity index (χ0n) is 9.74. The zero-order chi connectivity index (χ0) is 11.8. The number of benzene rings is 1. The van der Waals surface area contributed by atoms with Crippen LogP contribution in [0.25, 0.3) is 15.7 Å². The van der Waals surface area contributed by atoms with E-state index in [-0.39, 0.29) is 5.82 Å². The highest BCUT2D eigenvalue weighted by molar-refractivity contribution is 7.17. The van der Waals surface area contributed by atoms with Gasteiger partial charge < -0.3 is 4.90 Å². The lowest BCUT2D eigenvalue weighted by Gasteiger charge is -2.21. The van der Waals surface area contributed by atoms with E-state index in [0.29, 0.717) is 0 Å². The lowest BCUT2D eigenvalue weighted by atomic mass is 9.99. The Kier molecular flexibility index (Phi) is 2.73. The van der Waals surface area contributed by atoms with Gasteiger partial charge in [0.15, 0.2) is 0 Å². The minimum absolute atomic E-state index is 0.104. The van der Waals surface area contributed by atoms with Crippen molar-refractivity contribution in [3.8, 4) is 0 Å². The molecule has 0 spiro atoms. The van der Waals surface area contributed by atoms with E-state index in [4.69, 9.17) is 0 Å². The molecule has 0 saturated heterocycles. The Morgan fingerprint density at radius 1 is 1.35 bits per heavy atom. The van der Waals surface area contributed by atoms with Gasteiger partial charge in [0.2, 0.25) is 0 Å². The Hall–Kier alpha value is -1.19. The van der Waals surface area contributed by atoms with Crippen LogP contribution in [0.1, 0.15) is 12.0 Å². The summed E-state index contributed by atoms with van der Waals surface area (Å²) in [4.78, 5) is 2.29. The standard InChI is InChI=1S/C14H14FNS/c1-16-7-5-10(6-8-16)12-9-17-14-11(12)3-2-4-13(14)15/h2-5,9H,6-8H2,1H3. The average Bonchev–Trinajstić information content (AvgIpc) is 2.75. The third-order valence-electron chi connectivity index (χ3n) is 3.31. The van der Waals surface area contributed by atoms with E-state index < -0.39 is 0 Å². The summed E-state index contributed by atoms with van der Waals surface area (Å²) in [6.45, 7) is 2.07. The van der Waals surface area contributed by atoms with Crippen LogP contribution in [0.3, 0.4) is 0 Å². The second-order valence-electron chi connectivity index (χ2n) is 4.51. The molecule has 0 unspecified atom stereocenters. The molecule has 1 aromatic carbocycles. The quantitative estimate of drug-likeness (QED) is 0.741. The summed E-state index contributed by atoms with van der Waals surface area (Å²) in [6, 6.07) is 5.35. The number of fused-ring (bicyclic) bond motifs is 1. The van der Waals surface area contributed by atoms with Gasteiger partial charge in [-0.1, -0.05) is 18.2 Å². The van der Waals surface area contributed by atoms with Gasteiger partial charge in [0, 0.05) is 18.5 Å². The molecule has 0 radical (unpaired) electrons. The SMILES string of the molecule is CN1CC=C(c2csc3c(F)cccc23)CC1. The molecule has 2 aromatic rings. The van der Waals surface area contributed by atoms with Crippen molar-refractivity contribution in [1.29, 1.82) is 0 Å². The first-order valence-electron chi connectivity index (χ1n) is 5.79. The number of thiophene rings is 1. The Bertz CT molecular complexity index is 585. The predicted molar refractivity (Wildman–Crippen MR) is 71.9 cm³/mol. The number of halogens is 1. The molecule has 0 fully saturated rings. The number of likely N-dealkylation sites (N-methyl/N-ethyl adjacent to an activating group) is 1. The van der Waals surface area contributed by atoms with Crippen molar-refractivity contribution >= 4 is 27.0 Å². The van der Waals surface area contributed by atoms with Gasteiger partial charge in [0.25, 0.3) is 0 Å². The van der Waals surface area contributed by atoms with Gasteiger partial charge in [0.1, 0.15) is 5.82 Å². The van der Waals surface area contributed by atoms with Crippen LogP contribution in [0, 0.1) is 5.82 Å². The minimum atomic E-state index is -0.104. The Morgan fingerprint density at radius 2 is 2.24 bits per heavy atom. The van der Waals surface area contributed by atoms with Crippen molar-refractivity contribution in [3.05, 3.63) is 41.0 Å². The molecule has 0 saturated carbocycles. The molecule has 1 aliphatic heterocycles. The van der Waals surface area contributed by atoms with E-state index in [2.05, 4.69) is 23.4 Å². The minimum Gasteiger partial charge on any atom is -0.302 e. The second-order valence-corrected chi connectivity index (χ2v) is 5.39. The summed E-state index contributed by atoms with van der Waals surface area (Å²) in [5.74, 6) is -0.104. The molecular weight excluding hydrogens is 233 g/mol. The molecule has 0 atom stereocenters. The van der Waals surface area contributed by atoms with E-state index in [9.17, 15) is 4.39 Å². The van der Waals surface area contributed by atoms with Crippen molar-refractivity contribution in [2.75, 3.05) is 20.1 Å². The molecule has 88 valence electrons. The Morgan fingerprint density at radius 3 is 3.00 bits per heavy atom. The summed E-state index contributed by atoms with van der Waals surface area (Å²) in [5.41, 5.74) is 2.58. The molecule has 17 heavy (non-hydrogen) atoms. The summed E-state index contributed by atoms with van der Waals surface area (Å²) in [5, 5.41) is 3.15. The normalized spacial score (nSPS) is 17.4. The number of rotatable bonds is 1. The third kappa shape index (κ3) is 1.90. The maximum atomic E-state index is 13.6. The van der Waals surface area contributed by atoms with Gasteiger partial charge >= 0.3 is 0 Å². The van der Waals surface area contributed by atoms with Crippen molar-refractivity contribution in [3.63, 3.8) is 0 Å². The highest BCUT2D eigenvalue weighted by Crippen LogP contribution is 2.34. The summed E-state index contributed by atoms with van der Waals surface area (Å²) < 4.78 is 14.4. The van der Waals surface area contributed by atoms with Crippen molar-refractivity contribution in [2.45, 2.75) is 6.42 Å². The molecule has 2 heterocycles. The van der Waals surface area contributed by atoms with Gasteiger partial charge in [0.05, 0.1) is 4.70 Å². The molecular formula is C14H14FNS. The lowest BCUT2D eigenvalue weighted by molar-refractivity contribution is 0.370. The first-order chi connectivity index (χ1) is 8.25. The zero-order valence-corrected chi connectivity index (χ0v) is 10.6. The fourth-order valence-corrected chi connectivity index (χ4v) is 3.29. The maximum absolute atomic E-state index is 13.6. The van der Waals surface area contributed by atoms with Crippen molar-refractivity contribution < 1.29 is 4.39 Å². The lowest BCUT2D eigenvalue weighted by Crippen LogP contribution is -2.23. The fourth-order valence-electron chi connectivity index (χ4n) is 2.29. The van der Waals surface area contributed by atoms with Gasteiger partial charge in [-0.3, -0.25) is 0 Å². The topological polar surface area (TPSA) is 3.24 Å². The molecule has 3 heteroatoms. The highest BCUT2D eigenvalue weighted by atomic mass is 32.1. The predicted octanol–water partition coefficient (Wildman–Crippen LogP) is 3.76. The molecule has 1 nitrogen and oxygen atoms in total. The van der Waals surface area contributed by atoms with Gasteiger partial charge in [-0.15, -0.1) is 11.3 Å². The van der Waals surface area contributed by atoms with E-state index in [1.54, 1.807) is 6.07 Å². The Labute approximate surface area is 104 Å². The summed E-state index contributed by atoms with van der Waals surface area (Å²) >= 11 is 1.51. The van der Waals surface area contributed by atoms with Gasteiger partial charge in [-0.25, -0.2) is 4.39 Å². The third-order valence-corrected chi connectivity index (χ3v) is 4.31. The molecule has 0 aliphatic carbocycles. The number of hydrogen-bond donors (Lipinski definition) is 0. The highest BCUT2D eigenvalue weighted by Gasteiger charge is 2.14. The fraction of sp³-hybridized carbons (Fsp3) is 0.286. The molecule has 0 bridgehead atoms. The molecule has 1 aliphatic rings. The van der Waals surface area contributed by atoms with Crippen LogP contribution in [0.15, 0.2) is 29.7 Å². The molecule has 3 rings (SSSR count). The molecule has 0 N–H and O–H groups in total. The van der Waals surface area contributed by atoms with Crippen LogP contribution in [-0.2, 0) is 0 Å². The summed E-state index contributed by atoms with van der Waals surface area (Å²) in [7, 11) is 2.12. The molecule has 0 amide bonds. The first kappa shape index (κ1) is 10.9. The van der Waals surface area contributed by atoms with Gasteiger partial charge in [-0.05, 0) is 36.1 Å². The van der Waals surface area contributed by atoms with Crippen LogP contribution in [0.5, 0.6) is 0 Å². The largest absolute Gasteiger partial charge is 0.302 e. The van der Waals surface area contributed by atoms with E-state index in [1.807, 2.05) is 6.07 Å². The van der Waals surface area contributed by atoms with Crippen LogP contribution >= 0.6 is 11.3 Å². The van der Waals surface area contributed by atoms with Crippen LogP contribution in [-0.4, -0.2) is 25.0 Å². The first-order valence-corrected chi connectivity index (χ1v) is 6.67. The average molecular weight is 247 g/mol. The Balaban J connectivity index is 2.10. The maximum Gasteiger partial charge on any atom is 0.141 e.